The molecule has 2 aliphatic carbocycles. The third kappa shape index (κ3) is 4.25. The van der Waals surface area contributed by atoms with Gasteiger partial charge in [-0.05, 0) is 61.8 Å². The number of rotatable bonds is 3. The van der Waals surface area contributed by atoms with Crippen LogP contribution in [0, 0.1) is 11.8 Å². The summed E-state index contributed by atoms with van der Waals surface area (Å²) < 4.78 is 0. The van der Waals surface area contributed by atoms with Gasteiger partial charge >= 0.3 is 0 Å². The molecule has 110 valence electrons. The molecule has 0 bridgehead atoms. The van der Waals surface area contributed by atoms with E-state index in [9.17, 15) is 0 Å². The van der Waals surface area contributed by atoms with Crippen molar-refractivity contribution >= 4 is 13.3 Å². The molecule has 2 fully saturated rings. The minimum absolute atomic E-state index is 0.755. The van der Waals surface area contributed by atoms with Gasteiger partial charge in [-0.15, -0.1) is 0 Å². The molecule has 0 heterocycles. The summed E-state index contributed by atoms with van der Waals surface area (Å²) in [5.74, 6) is 2.47. The highest BCUT2D eigenvalue weighted by atomic mass is 14.3. The topological polar surface area (TPSA) is 0 Å². The summed E-state index contributed by atoms with van der Waals surface area (Å²) in [7, 11) is 5.78. The minimum atomic E-state index is 0.755. The fraction of sp³-hybridized carbons (Fsp3) is 0.600. The number of hydrogen-bond acceptors (Lipinski definition) is 0. The van der Waals surface area contributed by atoms with Crippen LogP contribution in [-0.2, 0) is 0 Å². The van der Waals surface area contributed by atoms with Gasteiger partial charge < -0.3 is 0 Å². The van der Waals surface area contributed by atoms with Gasteiger partial charge in [-0.2, -0.15) is 0 Å². The van der Waals surface area contributed by atoms with Gasteiger partial charge in [0.2, 0.25) is 0 Å². The zero-order chi connectivity index (χ0) is 14.5. The van der Waals surface area contributed by atoms with Crippen molar-refractivity contribution in [3.63, 3.8) is 0 Å². The molecular weight excluding hydrogens is 251 g/mol. The van der Waals surface area contributed by atoms with Crippen LogP contribution >= 0.6 is 0 Å². The highest BCUT2D eigenvalue weighted by molar-refractivity contribution is 6.32. The summed E-state index contributed by atoms with van der Waals surface area (Å²) in [6.45, 7) is 0. The Morgan fingerprint density at radius 2 is 1.29 bits per heavy atom. The molecule has 0 aliphatic heterocycles. The molecule has 0 spiro atoms. The highest BCUT2D eigenvalue weighted by Crippen LogP contribution is 2.36. The molecule has 0 N–H and O–H groups in total. The summed E-state index contributed by atoms with van der Waals surface area (Å²) in [6, 6.07) is 8.53. The van der Waals surface area contributed by atoms with Crippen LogP contribution in [0.1, 0.15) is 69.3 Å². The van der Waals surface area contributed by atoms with Crippen LogP contribution in [0.5, 0.6) is 0 Å². The van der Waals surface area contributed by atoms with Crippen molar-refractivity contribution < 1.29 is 0 Å². The van der Waals surface area contributed by atoms with Gasteiger partial charge in [0.1, 0.15) is 7.85 Å². The molecule has 0 saturated heterocycles. The summed E-state index contributed by atoms with van der Waals surface area (Å²) in [4.78, 5) is 0. The zero-order valence-electron chi connectivity index (χ0n) is 13.1. The van der Waals surface area contributed by atoms with Crippen LogP contribution in [0.15, 0.2) is 36.4 Å². The third-order valence-electron chi connectivity index (χ3n) is 5.48. The van der Waals surface area contributed by atoms with Crippen molar-refractivity contribution in [3.05, 3.63) is 42.0 Å². The van der Waals surface area contributed by atoms with Gasteiger partial charge in [-0.25, -0.2) is 0 Å². The lowest BCUT2D eigenvalue weighted by Crippen LogP contribution is -2.13. The maximum Gasteiger partial charge on any atom is 0.113 e. The Hall–Kier alpha value is -0.975. The molecule has 2 radical (unpaired) electrons. The molecule has 0 atom stereocenters. The van der Waals surface area contributed by atoms with Crippen molar-refractivity contribution in [2.45, 2.75) is 63.7 Å². The monoisotopic (exact) mass is 278 g/mol. The SMILES string of the molecule is [B]c1ccc(C2CCC(/C=C/C3CCCCC3)CC2)cc1. The Morgan fingerprint density at radius 3 is 1.90 bits per heavy atom. The summed E-state index contributed by atoms with van der Waals surface area (Å²) in [5, 5.41) is 0. The smallest absolute Gasteiger partial charge is 0.0967 e. The number of allylic oxidation sites excluding steroid dienone is 2. The van der Waals surface area contributed by atoms with Gasteiger partial charge in [0.05, 0.1) is 0 Å². The first-order chi connectivity index (χ1) is 10.3. The largest absolute Gasteiger partial charge is 0.113 e. The van der Waals surface area contributed by atoms with E-state index in [4.69, 9.17) is 7.85 Å². The highest BCUT2D eigenvalue weighted by Gasteiger charge is 2.21. The Labute approximate surface area is 131 Å². The maximum atomic E-state index is 5.78. The Balaban J connectivity index is 1.48. The van der Waals surface area contributed by atoms with Gasteiger partial charge in [0.25, 0.3) is 0 Å². The van der Waals surface area contributed by atoms with Gasteiger partial charge in [0, 0.05) is 0 Å². The fourth-order valence-corrected chi connectivity index (χ4v) is 4.05. The molecule has 1 aromatic rings. The van der Waals surface area contributed by atoms with E-state index in [1.807, 2.05) is 12.1 Å². The van der Waals surface area contributed by atoms with Gasteiger partial charge in [0.15, 0.2) is 0 Å². The lowest BCUT2D eigenvalue weighted by Gasteiger charge is -2.28. The van der Waals surface area contributed by atoms with E-state index in [1.165, 1.54) is 63.4 Å². The Bertz CT molecular complexity index is 445. The van der Waals surface area contributed by atoms with E-state index in [0.29, 0.717) is 0 Å². The van der Waals surface area contributed by atoms with Gasteiger partial charge in [-0.1, -0.05) is 61.1 Å². The van der Waals surface area contributed by atoms with E-state index in [0.717, 1.165) is 23.2 Å². The molecule has 2 saturated carbocycles. The molecular formula is C20H27B. The first-order valence-electron chi connectivity index (χ1n) is 8.85. The van der Waals surface area contributed by atoms with Crippen LogP contribution in [0.3, 0.4) is 0 Å². The first-order valence-corrected chi connectivity index (χ1v) is 8.85. The average Bonchev–Trinajstić information content (AvgIpc) is 2.55. The molecule has 3 rings (SSSR count). The maximum absolute atomic E-state index is 5.78. The van der Waals surface area contributed by atoms with Crippen LogP contribution in [0.25, 0.3) is 0 Å². The van der Waals surface area contributed by atoms with Crippen molar-refractivity contribution in [1.82, 2.24) is 0 Å². The quantitative estimate of drug-likeness (QED) is 0.545. The molecule has 2 aliphatic rings. The third-order valence-corrected chi connectivity index (χ3v) is 5.48. The van der Waals surface area contributed by atoms with E-state index < -0.39 is 0 Å². The van der Waals surface area contributed by atoms with Crippen molar-refractivity contribution in [2.24, 2.45) is 11.8 Å². The second-order valence-corrected chi connectivity index (χ2v) is 7.06. The molecule has 21 heavy (non-hydrogen) atoms. The predicted molar refractivity (Wildman–Crippen MR) is 92.2 cm³/mol. The molecule has 0 unspecified atom stereocenters. The molecule has 0 aromatic heterocycles. The summed E-state index contributed by atoms with van der Waals surface area (Å²) in [6.07, 6.45) is 17.7. The predicted octanol–water partition coefficient (Wildman–Crippen LogP) is 4.89. The van der Waals surface area contributed by atoms with Crippen LogP contribution in [-0.4, -0.2) is 7.85 Å². The number of benzene rings is 1. The lowest BCUT2D eigenvalue weighted by molar-refractivity contribution is 0.370. The van der Waals surface area contributed by atoms with Crippen molar-refractivity contribution in [3.8, 4) is 0 Å². The van der Waals surface area contributed by atoms with Crippen LogP contribution < -0.4 is 5.46 Å². The lowest BCUT2D eigenvalue weighted by atomic mass is 9.77. The normalized spacial score (nSPS) is 28.0. The summed E-state index contributed by atoms with van der Waals surface area (Å²) in [5.41, 5.74) is 2.36. The molecule has 0 nitrogen and oxygen atoms in total. The zero-order valence-corrected chi connectivity index (χ0v) is 13.1. The molecule has 0 amide bonds. The van der Waals surface area contributed by atoms with Crippen molar-refractivity contribution in [2.75, 3.05) is 0 Å². The van der Waals surface area contributed by atoms with Crippen molar-refractivity contribution in [1.29, 1.82) is 0 Å². The minimum Gasteiger partial charge on any atom is -0.0967 e. The second kappa shape index (κ2) is 7.34. The second-order valence-electron chi connectivity index (χ2n) is 7.06. The van der Waals surface area contributed by atoms with E-state index in [1.54, 1.807) is 0 Å². The average molecular weight is 278 g/mol. The van der Waals surface area contributed by atoms with E-state index >= 15 is 0 Å². The Morgan fingerprint density at radius 1 is 0.714 bits per heavy atom. The van der Waals surface area contributed by atoms with E-state index in [-0.39, 0.29) is 0 Å². The molecule has 1 aromatic carbocycles. The van der Waals surface area contributed by atoms with E-state index in [2.05, 4.69) is 24.3 Å². The van der Waals surface area contributed by atoms with Crippen LogP contribution in [0.4, 0.5) is 0 Å². The fourth-order valence-electron chi connectivity index (χ4n) is 4.05. The Kier molecular flexibility index (Phi) is 5.22. The van der Waals surface area contributed by atoms with Gasteiger partial charge in [-0.3, -0.25) is 0 Å². The first kappa shape index (κ1) is 14.9. The standard InChI is InChI=1S/C20H27B/c21-20-14-12-19(13-15-20)18-10-8-17(9-11-18)7-6-16-4-2-1-3-5-16/h6-7,12-18H,1-5,8-11H2/b7-6+. The number of hydrogen-bond donors (Lipinski definition) is 0. The molecule has 1 heteroatoms. The van der Waals surface area contributed by atoms with Crippen LogP contribution in [0.2, 0.25) is 0 Å². The summed E-state index contributed by atoms with van der Waals surface area (Å²) >= 11 is 0.